The van der Waals surface area contributed by atoms with Crippen LogP contribution in [0.3, 0.4) is 0 Å². The first kappa shape index (κ1) is 16.4. The molecule has 2 heteroatoms. The minimum Gasteiger partial charge on any atom is -0.307 e. The summed E-state index contributed by atoms with van der Waals surface area (Å²) in [4.78, 5) is 0. The topological polar surface area (TPSA) is 9.34 Å². The van der Waals surface area contributed by atoms with Crippen LogP contribution in [0.1, 0.15) is 0 Å². The lowest BCUT2D eigenvalue weighted by Crippen LogP contribution is -1.93. The number of rotatable bonds is 1. The Morgan fingerprint density at radius 2 is 1.09 bits per heavy atom. The van der Waals surface area contributed by atoms with E-state index in [-0.39, 0.29) is 0 Å². The fourth-order valence-corrected chi connectivity index (χ4v) is 5.81. The molecule has 32 heavy (non-hydrogen) atoms. The summed E-state index contributed by atoms with van der Waals surface area (Å²) in [5, 5.41) is 7.85. The number of hydrogen-bond acceptors (Lipinski definition) is 0. The smallest absolute Gasteiger partial charge is 0.0810 e. The van der Waals surface area contributed by atoms with Gasteiger partial charge in [-0.2, -0.15) is 0 Å². The van der Waals surface area contributed by atoms with Gasteiger partial charge in [-0.3, -0.25) is 0 Å². The lowest BCUT2D eigenvalue weighted by atomic mass is 10.0. The molecular weight excluding hydrogens is 388 g/mol. The summed E-state index contributed by atoms with van der Waals surface area (Å²) in [6.45, 7) is 0. The van der Waals surface area contributed by atoms with E-state index >= 15 is 0 Å². The molecule has 0 aliphatic carbocycles. The Labute approximate surface area is 183 Å². The Kier molecular flexibility index (Phi) is 2.91. The molecule has 3 aromatic heterocycles. The third kappa shape index (κ3) is 1.82. The average Bonchev–Trinajstić information content (AvgIpc) is 3.32. The van der Waals surface area contributed by atoms with Gasteiger partial charge >= 0.3 is 0 Å². The monoisotopic (exact) mass is 406 g/mol. The van der Waals surface area contributed by atoms with Gasteiger partial charge in [0, 0.05) is 27.2 Å². The molecule has 0 bridgehead atoms. The highest BCUT2D eigenvalue weighted by molar-refractivity contribution is 6.33. The van der Waals surface area contributed by atoms with Gasteiger partial charge in [0.2, 0.25) is 0 Å². The normalized spacial score (nSPS) is 12.4. The first-order valence-corrected chi connectivity index (χ1v) is 11.1. The molecule has 8 rings (SSSR count). The zero-order chi connectivity index (χ0) is 20.8. The van der Waals surface area contributed by atoms with Gasteiger partial charge in [0.15, 0.2) is 0 Å². The van der Waals surface area contributed by atoms with Crippen molar-refractivity contribution in [3.63, 3.8) is 0 Å². The lowest BCUT2D eigenvalue weighted by molar-refractivity contribution is 1.19. The lowest BCUT2D eigenvalue weighted by Gasteiger charge is -2.09. The second kappa shape index (κ2) is 5.68. The van der Waals surface area contributed by atoms with Crippen molar-refractivity contribution < 1.29 is 0 Å². The molecule has 0 unspecified atom stereocenters. The maximum absolute atomic E-state index is 2.49. The van der Waals surface area contributed by atoms with Crippen molar-refractivity contribution >= 4 is 59.9 Å². The van der Waals surface area contributed by atoms with Crippen molar-refractivity contribution in [2.24, 2.45) is 0 Å². The molecular formula is C30H18N2. The Hall–Kier alpha value is -4.30. The highest BCUT2D eigenvalue weighted by Gasteiger charge is 2.23. The van der Waals surface area contributed by atoms with Crippen LogP contribution in [0.25, 0.3) is 65.6 Å². The fraction of sp³-hybridized carbons (Fsp3) is 0. The van der Waals surface area contributed by atoms with Crippen LogP contribution in [0, 0.1) is 0 Å². The molecule has 2 nitrogen and oxygen atoms in total. The molecule has 148 valence electrons. The maximum atomic E-state index is 2.49. The van der Waals surface area contributed by atoms with Crippen molar-refractivity contribution in [1.29, 1.82) is 0 Å². The predicted molar refractivity (Wildman–Crippen MR) is 135 cm³/mol. The number of aromatic nitrogens is 2. The molecule has 0 amide bonds. The summed E-state index contributed by atoms with van der Waals surface area (Å²) < 4.78 is 4.94. The van der Waals surface area contributed by atoms with E-state index < -0.39 is 0 Å². The minimum atomic E-state index is 1.20. The third-order valence-electron chi connectivity index (χ3n) is 7.02. The zero-order valence-corrected chi connectivity index (χ0v) is 17.3. The molecule has 0 spiro atoms. The number of benzene rings is 5. The second-order valence-electron chi connectivity index (χ2n) is 8.60. The first-order chi connectivity index (χ1) is 15.9. The van der Waals surface area contributed by atoms with Gasteiger partial charge in [-0.25, -0.2) is 0 Å². The standard InChI is InChI=1S/C30H18N2/c1-2-10-20(11-3-1)31-26-18-17-19-9-8-14-22-21-12-4-6-15-24(21)32-25-16-7-5-13-23(25)29(31)30(32)28(26)27(19)22/h1-18H. The zero-order valence-electron chi connectivity index (χ0n) is 17.3. The minimum absolute atomic E-state index is 1.20. The molecule has 8 aromatic rings. The van der Waals surface area contributed by atoms with Gasteiger partial charge in [-0.1, -0.05) is 78.9 Å². The number of nitrogens with zero attached hydrogens (tertiary/aromatic N) is 2. The van der Waals surface area contributed by atoms with E-state index in [1.54, 1.807) is 0 Å². The summed E-state index contributed by atoms with van der Waals surface area (Å²) >= 11 is 0. The largest absolute Gasteiger partial charge is 0.307 e. The predicted octanol–water partition coefficient (Wildman–Crippen LogP) is 7.93. The average molecular weight is 406 g/mol. The van der Waals surface area contributed by atoms with E-state index in [2.05, 4.69) is 118 Å². The van der Waals surface area contributed by atoms with Crippen molar-refractivity contribution in [1.82, 2.24) is 8.97 Å². The summed E-state index contributed by atoms with van der Waals surface area (Å²) in [6, 6.07) is 39.7. The Morgan fingerprint density at radius 1 is 0.406 bits per heavy atom. The quantitative estimate of drug-likeness (QED) is 0.262. The molecule has 0 N–H and O–H groups in total. The molecule has 0 aliphatic heterocycles. The van der Waals surface area contributed by atoms with Crippen LogP contribution < -0.4 is 0 Å². The van der Waals surface area contributed by atoms with E-state index in [1.807, 2.05) is 0 Å². The Morgan fingerprint density at radius 3 is 1.94 bits per heavy atom. The van der Waals surface area contributed by atoms with Gasteiger partial charge < -0.3 is 8.97 Å². The van der Waals surface area contributed by atoms with Crippen LogP contribution >= 0.6 is 0 Å². The molecule has 0 saturated heterocycles. The summed E-state index contributed by atoms with van der Waals surface area (Å²) in [5.41, 5.74) is 7.53. The van der Waals surface area contributed by atoms with E-state index in [0.717, 1.165) is 0 Å². The van der Waals surface area contributed by atoms with Crippen molar-refractivity contribution in [3.05, 3.63) is 109 Å². The van der Waals surface area contributed by atoms with Crippen LogP contribution in [0.4, 0.5) is 0 Å². The molecule has 0 saturated carbocycles. The van der Waals surface area contributed by atoms with Crippen molar-refractivity contribution in [2.75, 3.05) is 0 Å². The number of fused-ring (bicyclic) bond motifs is 6. The van der Waals surface area contributed by atoms with Crippen LogP contribution in [-0.2, 0) is 0 Å². The maximum Gasteiger partial charge on any atom is 0.0810 e. The Balaban J connectivity index is 1.86. The van der Waals surface area contributed by atoms with E-state index in [9.17, 15) is 0 Å². The van der Waals surface area contributed by atoms with Gasteiger partial charge in [-0.05, 0) is 41.1 Å². The summed E-state index contributed by atoms with van der Waals surface area (Å²) in [5.74, 6) is 0. The van der Waals surface area contributed by atoms with Crippen molar-refractivity contribution in [3.8, 4) is 5.69 Å². The molecule has 0 atom stereocenters. The van der Waals surface area contributed by atoms with Gasteiger partial charge in [0.25, 0.3) is 0 Å². The second-order valence-corrected chi connectivity index (χ2v) is 8.60. The van der Waals surface area contributed by atoms with Crippen LogP contribution in [-0.4, -0.2) is 8.97 Å². The fourth-order valence-electron chi connectivity index (χ4n) is 5.81. The van der Waals surface area contributed by atoms with Gasteiger partial charge in [-0.15, -0.1) is 0 Å². The molecule has 0 fully saturated rings. The molecule has 5 aromatic carbocycles. The van der Waals surface area contributed by atoms with Crippen molar-refractivity contribution in [2.45, 2.75) is 0 Å². The van der Waals surface area contributed by atoms with Crippen LogP contribution in [0.2, 0.25) is 0 Å². The third-order valence-corrected chi connectivity index (χ3v) is 7.02. The number of hydrogen-bond donors (Lipinski definition) is 0. The molecule has 0 aliphatic rings. The summed E-state index contributed by atoms with van der Waals surface area (Å²) in [6.07, 6.45) is 0. The highest BCUT2D eigenvalue weighted by atomic mass is 15.0. The van der Waals surface area contributed by atoms with Gasteiger partial charge in [0.05, 0.1) is 27.6 Å². The Bertz CT molecular complexity index is 1970. The molecule has 0 radical (unpaired) electrons. The van der Waals surface area contributed by atoms with E-state index in [0.29, 0.717) is 0 Å². The summed E-state index contributed by atoms with van der Waals surface area (Å²) in [7, 11) is 0. The SMILES string of the molecule is c1ccc(-n2c3ccc4cccc5c6ccccc6n6c7ccccc7c2c6c3c45)cc1. The van der Waals surface area contributed by atoms with E-state index in [1.165, 1.54) is 65.6 Å². The van der Waals surface area contributed by atoms with E-state index in [4.69, 9.17) is 0 Å². The highest BCUT2D eigenvalue weighted by Crippen LogP contribution is 2.45. The van der Waals surface area contributed by atoms with Crippen LogP contribution in [0.5, 0.6) is 0 Å². The van der Waals surface area contributed by atoms with Crippen LogP contribution in [0.15, 0.2) is 109 Å². The molecule has 3 heterocycles. The van der Waals surface area contributed by atoms with Gasteiger partial charge in [0.1, 0.15) is 0 Å². The number of para-hydroxylation sites is 3. The first-order valence-electron chi connectivity index (χ1n) is 11.1.